The predicted octanol–water partition coefficient (Wildman–Crippen LogP) is 0.484. The van der Waals surface area contributed by atoms with Crippen LogP contribution in [-0.2, 0) is 14.8 Å². The number of primary amides is 1. The van der Waals surface area contributed by atoms with Crippen molar-refractivity contribution in [3.63, 3.8) is 0 Å². The minimum atomic E-state index is -3.48. The Hall–Kier alpha value is -1.44. The summed E-state index contributed by atoms with van der Waals surface area (Å²) in [4.78, 5) is 13.5. The number of hydrogen-bond acceptors (Lipinski definition) is 4. The molecular formula is C15H23N3O3S. The molecule has 1 atom stereocenters. The quantitative estimate of drug-likeness (QED) is 0.873. The SMILES string of the molecule is Cc1ccc(S(=O)(=O)N2CCN([C@H](C)C(N)=O)CC2)cc1C. The highest BCUT2D eigenvalue weighted by Crippen LogP contribution is 2.20. The maximum absolute atomic E-state index is 12.7. The van der Waals surface area contributed by atoms with E-state index in [1.165, 1.54) is 4.31 Å². The molecule has 7 heteroatoms. The van der Waals surface area contributed by atoms with Crippen LogP contribution in [0, 0.1) is 13.8 Å². The van der Waals surface area contributed by atoms with Gasteiger partial charge in [-0.2, -0.15) is 4.31 Å². The molecule has 0 saturated carbocycles. The maximum atomic E-state index is 12.7. The summed E-state index contributed by atoms with van der Waals surface area (Å²) in [7, 11) is -3.48. The van der Waals surface area contributed by atoms with Gasteiger partial charge < -0.3 is 5.73 Å². The van der Waals surface area contributed by atoms with Gasteiger partial charge in [0.05, 0.1) is 10.9 Å². The monoisotopic (exact) mass is 325 g/mol. The number of hydrogen-bond donors (Lipinski definition) is 1. The number of carbonyl (C=O) groups is 1. The lowest BCUT2D eigenvalue weighted by molar-refractivity contribution is -0.123. The molecule has 1 heterocycles. The Balaban J connectivity index is 2.12. The summed E-state index contributed by atoms with van der Waals surface area (Å²) in [6.45, 7) is 7.36. The summed E-state index contributed by atoms with van der Waals surface area (Å²) in [6, 6.07) is 4.82. The zero-order valence-corrected chi connectivity index (χ0v) is 14.1. The molecule has 1 amide bonds. The Morgan fingerprint density at radius 2 is 1.73 bits per heavy atom. The number of carbonyl (C=O) groups excluding carboxylic acids is 1. The molecule has 1 saturated heterocycles. The minimum absolute atomic E-state index is 0.326. The number of benzene rings is 1. The molecular weight excluding hydrogens is 302 g/mol. The topological polar surface area (TPSA) is 83.7 Å². The average molecular weight is 325 g/mol. The van der Waals surface area contributed by atoms with Crippen LogP contribution in [0.4, 0.5) is 0 Å². The van der Waals surface area contributed by atoms with E-state index in [9.17, 15) is 13.2 Å². The summed E-state index contributed by atoms with van der Waals surface area (Å²) >= 11 is 0. The third-order valence-electron chi connectivity index (χ3n) is 4.35. The summed E-state index contributed by atoms with van der Waals surface area (Å²) in [5, 5.41) is 0. The summed E-state index contributed by atoms with van der Waals surface area (Å²) in [5.74, 6) is -0.384. The van der Waals surface area contributed by atoms with Crippen LogP contribution in [0.1, 0.15) is 18.1 Å². The normalized spacial score (nSPS) is 19.0. The van der Waals surface area contributed by atoms with E-state index in [1.807, 2.05) is 24.8 Å². The Bertz CT molecular complexity index is 665. The van der Waals surface area contributed by atoms with E-state index in [2.05, 4.69) is 0 Å². The highest BCUT2D eigenvalue weighted by atomic mass is 32.2. The van der Waals surface area contributed by atoms with Gasteiger partial charge in [0.1, 0.15) is 0 Å². The fraction of sp³-hybridized carbons (Fsp3) is 0.533. The van der Waals surface area contributed by atoms with Crippen LogP contribution in [0.15, 0.2) is 23.1 Å². The van der Waals surface area contributed by atoms with Gasteiger partial charge in [0, 0.05) is 26.2 Å². The molecule has 122 valence electrons. The zero-order chi connectivity index (χ0) is 16.5. The van der Waals surface area contributed by atoms with Gasteiger partial charge in [-0.15, -0.1) is 0 Å². The third-order valence-corrected chi connectivity index (χ3v) is 6.24. The van der Waals surface area contributed by atoms with Gasteiger partial charge in [-0.25, -0.2) is 8.42 Å². The molecule has 1 aromatic carbocycles. The zero-order valence-electron chi connectivity index (χ0n) is 13.2. The van der Waals surface area contributed by atoms with E-state index in [0.29, 0.717) is 31.1 Å². The molecule has 0 aliphatic carbocycles. The molecule has 1 aliphatic rings. The van der Waals surface area contributed by atoms with Crippen LogP contribution in [-0.4, -0.2) is 55.8 Å². The maximum Gasteiger partial charge on any atom is 0.243 e. The van der Waals surface area contributed by atoms with Crippen molar-refractivity contribution < 1.29 is 13.2 Å². The van der Waals surface area contributed by atoms with Crippen LogP contribution < -0.4 is 5.73 Å². The number of aryl methyl sites for hydroxylation is 2. The lowest BCUT2D eigenvalue weighted by Gasteiger charge is -2.36. The first kappa shape index (κ1) is 16.9. The lowest BCUT2D eigenvalue weighted by Crippen LogP contribution is -2.54. The average Bonchev–Trinajstić information content (AvgIpc) is 2.49. The number of rotatable bonds is 4. The second kappa shape index (κ2) is 6.36. The minimum Gasteiger partial charge on any atom is -0.368 e. The molecule has 0 bridgehead atoms. The van der Waals surface area contributed by atoms with E-state index in [0.717, 1.165) is 11.1 Å². The predicted molar refractivity (Wildman–Crippen MR) is 84.9 cm³/mol. The molecule has 22 heavy (non-hydrogen) atoms. The van der Waals surface area contributed by atoms with Crippen LogP contribution >= 0.6 is 0 Å². The van der Waals surface area contributed by atoms with Crippen molar-refractivity contribution in [2.24, 2.45) is 5.73 Å². The highest BCUT2D eigenvalue weighted by Gasteiger charge is 2.31. The van der Waals surface area contributed by atoms with E-state index in [1.54, 1.807) is 19.1 Å². The molecule has 2 rings (SSSR count). The fourth-order valence-electron chi connectivity index (χ4n) is 2.53. The van der Waals surface area contributed by atoms with Crippen LogP contribution in [0.25, 0.3) is 0 Å². The summed E-state index contributed by atoms with van der Waals surface area (Å²) in [5.41, 5.74) is 7.33. The van der Waals surface area contributed by atoms with E-state index in [4.69, 9.17) is 5.73 Å². The van der Waals surface area contributed by atoms with Crippen LogP contribution in [0.3, 0.4) is 0 Å². The molecule has 0 radical (unpaired) electrons. The molecule has 0 aromatic heterocycles. The van der Waals surface area contributed by atoms with Gasteiger partial charge in [-0.1, -0.05) is 6.07 Å². The molecule has 1 aliphatic heterocycles. The van der Waals surface area contributed by atoms with E-state index >= 15 is 0 Å². The molecule has 0 unspecified atom stereocenters. The van der Waals surface area contributed by atoms with Crippen molar-refractivity contribution in [1.82, 2.24) is 9.21 Å². The smallest absolute Gasteiger partial charge is 0.243 e. The first-order valence-electron chi connectivity index (χ1n) is 7.34. The van der Waals surface area contributed by atoms with Crippen molar-refractivity contribution in [3.05, 3.63) is 29.3 Å². The Kier molecular flexibility index (Phi) is 4.89. The second-order valence-electron chi connectivity index (χ2n) is 5.76. The van der Waals surface area contributed by atoms with Crippen molar-refractivity contribution >= 4 is 15.9 Å². The summed E-state index contributed by atoms with van der Waals surface area (Å²) < 4.78 is 26.8. The molecule has 1 aromatic rings. The largest absolute Gasteiger partial charge is 0.368 e. The number of nitrogens with zero attached hydrogens (tertiary/aromatic N) is 2. The number of sulfonamides is 1. The summed E-state index contributed by atoms with van der Waals surface area (Å²) in [6.07, 6.45) is 0. The Morgan fingerprint density at radius 1 is 1.14 bits per heavy atom. The number of amides is 1. The van der Waals surface area contributed by atoms with Crippen molar-refractivity contribution in [2.45, 2.75) is 31.7 Å². The Labute approximate surface area is 131 Å². The number of nitrogens with two attached hydrogens (primary N) is 1. The van der Waals surface area contributed by atoms with Crippen molar-refractivity contribution in [3.8, 4) is 0 Å². The van der Waals surface area contributed by atoms with Gasteiger partial charge in [0.15, 0.2) is 0 Å². The number of piperazine rings is 1. The first-order chi connectivity index (χ1) is 10.2. The van der Waals surface area contributed by atoms with Crippen molar-refractivity contribution in [2.75, 3.05) is 26.2 Å². The third kappa shape index (κ3) is 3.31. The lowest BCUT2D eigenvalue weighted by atomic mass is 10.1. The van der Waals surface area contributed by atoms with Gasteiger partial charge in [0.2, 0.25) is 15.9 Å². The molecule has 0 spiro atoms. The standard InChI is InChI=1S/C15H23N3O3S/c1-11-4-5-14(10-12(11)2)22(20,21)18-8-6-17(7-9-18)13(3)15(16)19/h4-5,10,13H,6-9H2,1-3H3,(H2,16,19)/t13-/m1/s1. The molecule has 6 nitrogen and oxygen atoms in total. The van der Waals surface area contributed by atoms with Gasteiger partial charge >= 0.3 is 0 Å². The van der Waals surface area contributed by atoms with Crippen LogP contribution in [0.2, 0.25) is 0 Å². The van der Waals surface area contributed by atoms with Crippen molar-refractivity contribution in [1.29, 1.82) is 0 Å². The first-order valence-corrected chi connectivity index (χ1v) is 8.78. The second-order valence-corrected chi connectivity index (χ2v) is 7.70. The van der Waals surface area contributed by atoms with Crippen LogP contribution in [0.5, 0.6) is 0 Å². The van der Waals surface area contributed by atoms with E-state index < -0.39 is 10.0 Å². The fourth-order valence-corrected chi connectivity index (χ4v) is 4.04. The Morgan fingerprint density at radius 3 is 2.23 bits per heavy atom. The van der Waals surface area contributed by atoms with Gasteiger partial charge in [0.25, 0.3) is 0 Å². The molecule has 1 fully saturated rings. The van der Waals surface area contributed by atoms with Gasteiger partial charge in [-0.05, 0) is 44.0 Å². The highest BCUT2D eigenvalue weighted by molar-refractivity contribution is 7.89. The van der Waals surface area contributed by atoms with E-state index in [-0.39, 0.29) is 11.9 Å². The molecule has 2 N–H and O–H groups in total. The van der Waals surface area contributed by atoms with Gasteiger partial charge in [-0.3, -0.25) is 9.69 Å².